The number of nitriles is 1. The average molecular weight is 137 g/mol. The Bertz CT molecular complexity index is 200. The minimum Gasteiger partial charge on any atom is -0.207 e. The lowest BCUT2D eigenvalue weighted by atomic mass is 10.2. The van der Waals surface area contributed by atoms with Crippen molar-refractivity contribution in [1.82, 2.24) is 0 Å². The summed E-state index contributed by atoms with van der Waals surface area (Å²) >= 11 is 0. The Morgan fingerprint density at radius 1 is 1.40 bits per heavy atom. The molecule has 0 spiro atoms. The number of aryl methyl sites for hydroxylation is 1. The smallest absolute Gasteiger partial charge is 0.123 e. The van der Waals surface area contributed by atoms with Crippen LogP contribution < -0.4 is 0 Å². The second-order valence-electron chi connectivity index (χ2n) is 1.80. The van der Waals surface area contributed by atoms with Gasteiger partial charge in [0.2, 0.25) is 0 Å². The summed E-state index contributed by atoms with van der Waals surface area (Å²) in [5, 5.41) is 6.50. The molecule has 0 unspecified atom stereocenters. The fourth-order valence-electron chi connectivity index (χ4n) is 0.606. The Morgan fingerprint density at radius 2 is 2.00 bits per heavy atom. The molecule has 0 bridgehead atoms. The van der Waals surface area contributed by atoms with Crippen molar-refractivity contribution in [2.75, 3.05) is 0 Å². The van der Waals surface area contributed by atoms with Crippen LogP contribution in [-0.4, -0.2) is 0 Å². The van der Waals surface area contributed by atoms with Crippen molar-refractivity contribution in [3.8, 4) is 6.57 Å². The van der Waals surface area contributed by atoms with Crippen molar-refractivity contribution in [3.63, 3.8) is 0 Å². The number of halogens is 1. The van der Waals surface area contributed by atoms with Gasteiger partial charge in [-0.15, -0.1) is 0 Å². The van der Waals surface area contributed by atoms with Crippen molar-refractivity contribution in [2.24, 2.45) is 0 Å². The van der Waals surface area contributed by atoms with Gasteiger partial charge < -0.3 is 0 Å². The highest BCUT2D eigenvalue weighted by Crippen LogP contribution is 1.99. The lowest BCUT2D eigenvalue weighted by Gasteiger charge is -1.87. The number of benzene rings is 1. The first kappa shape index (κ1) is 8.64. The summed E-state index contributed by atoms with van der Waals surface area (Å²) in [4.78, 5) is 0. The zero-order valence-corrected chi connectivity index (χ0v) is 5.71. The fraction of sp³-hybridized carbons (Fsp3) is 0.125. The highest BCUT2D eigenvalue weighted by atomic mass is 19.1. The molecule has 0 aliphatic heterocycles. The predicted molar refractivity (Wildman–Crippen MR) is 37.8 cm³/mol. The highest BCUT2D eigenvalue weighted by molar-refractivity contribution is 5.13. The maximum absolute atomic E-state index is 12.2. The zero-order valence-electron chi connectivity index (χ0n) is 5.71. The van der Waals surface area contributed by atoms with E-state index < -0.39 is 0 Å². The molecule has 0 aliphatic carbocycles. The van der Waals surface area contributed by atoms with Gasteiger partial charge in [-0.25, -0.2) is 9.65 Å². The van der Waals surface area contributed by atoms with Crippen LogP contribution in [0.2, 0.25) is 0 Å². The molecule has 0 aromatic heterocycles. The van der Waals surface area contributed by atoms with E-state index in [1.807, 2.05) is 13.0 Å². The monoisotopic (exact) mass is 137 g/mol. The van der Waals surface area contributed by atoms with Crippen LogP contribution in [0.25, 0.3) is 0 Å². The first-order valence-corrected chi connectivity index (χ1v) is 2.77. The third kappa shape index (κ3) is 2.83. The van der Waals surface area contributed by atoms with Crippen LogP contribution in [0.1, 0.15) is 5.56 Å². The lowest BCUT2D eigenvalue weighted by molar-refractivity contribution is 0.626. The highest BCUT2D eigenvalue weighted by Gasteiger charge is 1.84. The van der Waals surface area contributed by atoms with Gasteiger partial charge in [-0.1, -0.05) is 12.1 Å². The molecule has 1 nitrogen and oxygen atoms in total. The topological polar surface area (TPSA) is 23.8 Å². The van der Waals surface area contributed by atoms with Gasteiger partial charge in [0.1, 0.15) is 5.82 Å². The Morgan fingerprint density at radius 3 is 2.30 bits per heavy atom. The van der Waals surface area contributed by atoms with Gasteiger partial charge in [0.15, 0.2) is 0 Å². The third-order valence-corrected chi connectivity index (χ3v) is 0.980. The van der Waals surface area contributed by atoms with Gasteiger partial charge in [-0.3, -0.25) is 0 Å². The maximum atomic E-state index is 12.2. The Labute approximate surface area is 59.7 Å². The number of hydrogen-bond donors (Lipinski definition) is 0. The van der Waals surface area contributed by atoms with E-state index in [-0.39, 0.29) is 5.82 Å². The molecule has 0 N–H and O–H groups in total. The number of nitrogens with zero attached hydrogens (tertiary/aromatic N) is 1. The van der Waals surface area contributed by atoms with Gasteiger partial charge in [0.25, 0.3) is 0 Å². The Hall–Kier alpha value is -1.36. The van der Waals surface area contributed by atoms with Crippen LogP contribution >= 0.6 is 0 Å². The second kappa shape index (κ2) is 4.51. The van der Waals surface area contributed by atoms with Crippen LogP contribution in [0.15, 0.2) is 24.3 Å². The molecule has 0 amide bonds. The van der Waals surface area contributed by atoms with Crippen molar-refractivity contribution in [2.45, 2.75) is 6.92 Å². The predicted octanol–water partition coefficient (Wildman–Crippen LogP) is 2.27. The minimum absolute atomic E-state index is 0.162. The van der Waals surface area contributed by atoms with E-state index in [1.165, 1.54) is 12.1 Å². The second-order valence-corrected chi connectivity index (χ2v) is 1.80. The first-order valence-electron chi connectivity index (χ1n) is 2.77. The van der Waals surface area contributed by atoms with Gasteiger partial charge in [0.05, 0.1) is 0 Å². The zero-order chi connectivity index (χ0) is 7.98. The van der Waals surface area contributed by atoms with Crippen molar-refractivity contribution in [1.29, 1.82) is 5.26 Å². The summed E-state index contributed by atoms with van der Waals surface area (Å²) in [6, 6.07) is 6.50. The molecule has 0 atom stereocenters. The van der Waals surface area contributed by atoms with E-state index in [4.69, 9.17) is 5.26 Å². The summed E-state index contributed by atoms with van der Waals surface area (Å²) in [5.74, 6) is -0.162. The average Bonchev–Trinajstić information content (AvgIpc) is 1.91. The van der Waals surface area contributed by atoms with Crippen molar-refractivity contribution >= 4 is 0 Å². The van der Waals surface area contributed by atoms with Gasteiger partial charge in [-0.05, 0) is 24.6 Å². The van der Waals surface area contributed by atoms with E-state index in [2.05, 4.69) is 6.57 Å². The number of hydrogen-bond acceptors (Lipinski definition) is 1. The molecule has 0 saturated heterocycles. The van der Waals surface area contributed by atoms with E-state index >= 15 is 0 Å². The SMILES string of the molecule is C#N.Cc1cccc(F)c1. The molecule has 0 saturated carbocycles. The number of rotatable bonds is 0. The van der Waals surface area contributed by atoms with E-state index in [0.29, 0.717) is 0 Å². The molecule has 2 heteroatoms. The Balaban J connectivity index is 0.000000371. The van der Waals surface area contributed by atoms with Crippen LogP contribution in [0.5, 0.6) is 0 Å². The third-order valence-electron chi connectivity index (χ3n) is 0.980. The largest absolute Gasteiger partial charge is 0.207 e. The molecule has 0 aliphatic rings. The van der Waals surface area contributed by atoms with Gasteiger partial charge in [-0.2, -0.15) is 0 Å². The molecule has 1 rings (SSSR count). The summed E-state index contributed by atoms with van der Waals surface area (Å²) in [5.41, 5.74) is 0.963. The standard InChI is InChI=1S/C7H7F.CHN/c1-6-3-2-4-7(8)5-6;1-2/h2-5H,1H3;1H. The summed E-state index contributed by atoms with van der Waals surface area (Å²) in [6.45, 7) is 5.36. The van der Waals surface area contributed by atoms with E-state index in [0.717, 1.165) is 5.56 Å². The van der Waals surface area contributed by atoms with Crippen LogP contribution in [0, 0.1) is 24.6 Å². The van der Waals surface area contributed by atoms with Gasteiger partial charge >= 0.3 is 0 Å². The molecular weight excluding hydrogens is 129 g/mol. The molecule has 1 aromatic carbocycles. The van der Waals surface area contributed by atoms with Crippen LogP contribution in [0.4, 0.5) is 4.39 Å². The minimum atomic E-state index is -0.162. The summed E-state index contributed by atoms with van der Waals surface area (Å²) < 4.78 is 12.2. The van der Waals surface area contributed by atoms with E-state index in [1.54, 1.807) is 6.07 Å². The molecule has 1 aromatic rings. The fourth-order valence-corrected chi connectivity index (χ4v) is 0.606. The molecule has 0 radical (unpaired) electrons. The maximum Gasteiger partial charge on any atom is 0.123 e. The van der Waals surface area contributed by atoms with Crippen LogP contribution in [-0.2, 0) is 0 Å². The molecule has 52 valence electrons. The quantitative estimate of drug-likeness (QED) is 0.538. The summed E-state index contributed by atoms with van der Waals surface area (Å²) in [6.07, 6.45) is 0. The lowest BCUT2D eigenvalue weighted by Crippen LogP contribution is -1.72. The van der Waals surface area contributed by atoms with E-state index in [9.17, 15) is 4.39 Å². The van der Waals surface area contributed by atoms with Crippen LogP contribution in [0.3, 0.4) is 0 Å². The van der Waals surface area contributed by atoms with Gasteiger partial charge in [0, 0.05) is 6.57 Å². The molecule has 10 heavy (non-hydrogen) atoms. The molecular formula is C8H8FN. The Kier molecular flexibility index (Phi) is 3.90. The first-order chi connectivity index (χ1) is 4.79. The summed E-state index contributed by atoms with van der Waals surface area (Å²) in [7, 11) is 0. The van der Waals surface area contributed by atoms with Crippen molar-refractivity contribution < 1.29 is 4.39 Å². The molecule has 0 heterocycles. The molecule has 0 fully saturated rings. The normalized spacial score (nSPS) is 7.60. The van der Waals surface area contributed by atoms with Crippen molar-refractivity contribution in [3.05, 3.63) is 35.6 Å².